The third-order valence-electron chi connectivity index (χ3n) is 6.44. The number of methoxy groups -OCH3 is 1. The third-order valence-corrected chi connectivity index (χ3v) is 6.44. The second-order valence-corrected chi connectivity index (χ2v) is 8.83. The largest absolute Gasteiger partial charge is 0.497 e. The molecule has 4 rings (SSSR count). The van der Waals surface area contributed by atoms with E-state index in [9.17, 15) is 14.9 Å². The number of nitro benzene ring substituents is 1. The van der Waals surface area contributed by atoms with Crippen molar-refractivity contribution < 1.29 is 14.5 Å². The van der Waals surface area contributed by atoms with Crippen LogP contribution in [-0.4, -0.2) is 58.3 Å². The summed E-state index contributed by atoms with van der Waals surface area (Å²) >= 11 is 0. The molecule has 9 heteroatoms. The summed E-state index contributed by atoms with van der Waals surface area (Å²) < 4.78 is 6.78. The van der Waals surface area contributed by atoms with Gasteiger partial charge in [0.05, 0.1) is 23.4 Å². The molecule has 2 aromatic carbocycles. The minimum atomic E-state index is -0.461. The third kappa shape index (κ3) is 5.86. The molecule has 1 aromatic heterocycles. The summed E-state index contributed by atoms with van der Waals surface area (Å²) in [6, 6.07) is 15.8. The van der Waals surface area contributed by atoms with Gasteiger partial charge in [-0.25, -0.2) is 4.68 Å². The lowest BCUT2D eigenvalue weighted by molar-refractivity contribution is -0.384. The maximum absolute atomic E-state index is 13.2. The Kier molecular flexibility index (Phi) is 7.77. The number of hydrogen-bond acceptors (Lipinski definition) is 6. The number of nitrogens with one attached hydrogen (secondary N) is 1. The van der Waals surface area contributed by atoms with Gasteiger partial charge in [-0.15, -0.1) is 0 Å². The van der Waals surface area contributed by atoms with Crippen molar-refractivity contribution in [3.05, 3.63) is 70.4 Å². The predicted octanol–water partition coefficient (Wildman–Crippen LogP) is 4.45. The molecule has 1 amide bonds. The summed E-state index contributed by atoms with van der Waals surface area (Å²) in [7, 11) is 1.59. The Morgan fingerprint density at radius 3 is 2.80 bits per heavy atom. The van der Waals surface area contributed by atoms with Gasteiger partial charge < -0.3 is 15.0 Å². The average molecular weight is 478 g/mol. The number of carbonyl (C=O) groups excluding carboxylic acids is 1. The second kappa shape index (κ2) is 11.1. The molecule has 1 N–H and O–H groups in total. The number of nitrogens with zero attached hydrogens (tertiary/aromatic N) is 4. The molecule has 0 bridgehead atoms. The maximum Gasteiger partial charge on any atom is 0.271 e. The highest BCUT2D eigenvalue weighted by Crippen LogP contribution is 2.26. The number of ether oxygens (including phenoxy) is 1. The van der Waals surface area contributed by atoms with Crippen molar-refractivity contribution in [2.75, 3.05) is 26.7 Å². The van der Waals surface area contributed by atoms with E-state index in [4.69, 9.17) is 4.74 Å². The molecule has 35 heavy (non-hydrogen) atoms. The molecule has 3 aromatic rings. The average Bonchev–Trinajstić information content (AvgIpc) is 3.33. The number of likely N-dealkylation sites (tertiary alicyclic amines) is 1. The van der Waals surface area contributed by atoms with E-state index in [2.05, 4.69) is 22.2 Å². The van der Waals surface area contributed by atoms with Gasteiger partial charge in [0, 0.05) is 36.8 Å². The van der Waals surface area contributed by atoms with E-state index in [-0.39, 0.29) is 11.6 Å². The Morgan fingerprint density at radius 2 is 2.03 bits per heavy atom. The molecule has 2 heterocycles. The summed E-state index contributed by atoms with van der Waals surface area (Å²) in [5, 5.41) is 18.9. The quantitative estimate of drug-likeness (QED) is 0.277. The van der Waals surface area contributed by atoms with Crippen LogP contribution in [0.25, 0.3) is 16.9 Å². The fourth-order valence-corrected chi connectivity index (χ4v) is 4.47. The van der Waals surface area contributed by atoms with Gasteiger partial charge in [-0.1, -0.05) is 24.6 Å². The van der Waals surface area contributed by atoms with E-state index >= 15 is 0 Å². The highest BCUT2D eigenvalue weighted by Gasteiger charge is 2.20. The number of piperidine rings is 1. The fraction of sp³-hybridized carbons (Fsp3) is 0.385. The minimum absolute atomic E-state index is 0.0667. The van der Waals surface area contributed by atoms with E-state index < -0.39 is 4.92 Å². The molecule has 1 unspecified atom stereocenters. The van der Waals surface area contributed by atoms with Crippen molar-refractivity contribution in [1.82, 2.24) is 20.0 Å². The van der Waals surface area contributed by atoms with Gasteiger partial charge in [0.15, 0.2) is 0 Å². The summed E-state index contributed by atoms with van der Waals surface area (Å²) in [6.45, 7) is 4.85. The van der Waals surface area contributed by atoms with Gasteiger partial charge >= 0.3 is 0 Å². The van der Waals surface area contributed by atoms with E-state index in [0.717, 1.165) is 25.1 Å². The number of rotatable bonds is 9. The second-order valence-electron chi connectivity index (χ2n) is 8.83. The van der Waals surface area contributed by atoms with E-state index in [1.165, 1.54) is 36.1 Å². The van der Waals surface area contributed by atoms with Gasteiger partial charge in [-0.3, -0.25) is 14.9 Å². The minimum Gasteiger partial charge on any atom is -0.497 e. The molecule has 1 aliphatic rings. The van der Waals surface area contributed by atoms with E-state index in [1.54, 1.807) is 25.3 Å². The van der Waals surface area contributed by atoms with Crippen LogP contribution in [0.5, 0.6) is 5.75 Å². The first-order valence-corrected chi connectivity index (χ1v) is 12.0. The van der Waals surface area contributed by atoms with Crippen molar-refractivity contribution in [2.45, 2.75) is 38.6 Å². The lowest BCUT2D eigenvalue weighted by atomic mass is 10.0. The highest BCUT2D eigenvalue weighted by atomic mass is 16.6. The zero-order chi connectivity index (χ0) is 24.8. The number of benzene rings is 2. The van der Waals surface area contributed by atoms with Gasteiger partial charge in [0.2, 0.25) is 0 Å². The van der Waals surface area contributed by atoms with Gasteiger partial charge in [0.25, 0.3) is 11.6 Å². The summed E-state index contributed by atoms with van der Waals surface area (Å²) in [5.41, 5.74) is 2.04. The number of hydrogen-bond donors (Lipinski definition) is 1. The van der Waals surface area contributed by atoms with Gasteiger partial charge in [-0.2, -0.15) is 5.10 Å². The van der Waals surface area contributed by atoms with Crippen molar-refractivity contribution >= 4 is 11.6 Å². The van der Waals surface area contributed by atoms with Crippen molar-refractivity contribution in [2.24, 2.45) is 0 Å². The molecule has 1 aliphatic heterocycles. The Labute approximate surface area is 204 Å². The molecule has 0 radical (unpaired) electrons. The van der Waals surface area contributed by atoms with Gasteiger partial charge in [0.1, 0.15) is 11.4 Å². The number of carbonyl (C=O) groups is 1. The molecule has 9 nitrogen and oxygen atoms in total. The molecule has 1 saturated heterocycles. The van der Waals surface area contributed by atoms with E-state index in [1.807, 2.05) is 24.3 Å². The number of non-ortho nitro benzene ring substituents is 1. The smallest absolute Gasteiger partial charge is 0.271 e. The van der Waals surface area contributed by atoms with Crippen LogP contribution >= 0.6 is 0 Å². The molecule has 0 aliphatic carbocycles. The predicted molar refractivity (Wildman–Crippen MR) is 134 cm³/mol. The van der Waals surface area contributed by atoms with Crippen molar-refractivity contribution in [3.63, 3.8) is 0 Å². The molecular formula is C26H31N5O4. The summed E-state index contributed by atoms with van der Waals surface area (Å²) in [5.74, 6) is 0.398. The van der Waals surface area contributed by atoms with E-state index in [0.29, 0.717) is 35.4 Å². The fourth-order valence-electron chi connectivity index (χ4n) is 4.47. The summed E-state index contributed by atoms with van der Waals surface area (Å²) in [4.78, 5) is 26.5. The number of nitro groups is 1. The Morgan fingerprint density at radius 1 is 1.20 bits per heavy atom. The molecule has 0 saturated carbocycles. The molecular weight excluding hydrogens is 446 g/mol. The lowest BCUT2D eigenvalue weighted by Gasteiger charge is -2.33. The Hall–Kier alpha value is -3.72. The number of aromatic nitrogens is 2. The first-order chi connectivity index (χ1) is 17.0. The normalized spacial score (nSPS) is 16.1. The first kappa shape index (κ1) is 24.4. The molecule has 1 fully saturated rings. The van der Waals surface area contributed by atoms with Gasteiger partial charge in [-0.05, 0) is 57.0 Å². The standard InChI is InChI=1S/C26H31N5O4/c1-19-8-3-4-14-29(19)15-7-13-27-26(32)25-18-24(20-9-5-12-23(16-20)35-2)28-30(25)21-10-6-11-22(17-21)31(33)34/h5-6,9-12,16-19H,3-4,7-8,13-15H2,1-2H3,(H,27,32). The number of amides is 1. The SMILES string of the molecule is COc1cccc(-c2cc(C(=O)NCCCN3CCCCC3C)n(-c3cccc([N+](=O)[O-])c3)n2)c1. The van der Waals surface area contributed by atoms with Crippen LogP contribution in [0.4, 0.5) is 5.69 Å². The zero-order valence-corrected chi connectivity index (χ0v) is 20.1. The van der Waals surface area contributed by atoms with Crippen LogP contribution < -0.4 is 10.1 Å². The lowest BCUT2D eigenvalue weighted by Crippen LogP contribution is -2.39. The highest BCUT2D eigenvalue weighted by molar-refractivity contribution is 5.94. The van der Waals surface area contributed by atoms with Crippen LogP contribution in [0.3, 0.4) is 0 Å². The van der Waals surface area contributed by atoms with Crippen LogP contribution in [-0.2, 0) is 0 Å². The maximum atomic E-state index is 13.2. The monoisotopic (exact) mass is 477 g/mol. The summed E-state index contributed by atoms with van der Waals surface area (Å²) in [6.07, 6.45) is 4.59. The topological polar surface area (TPSA) is 103 Å². The van der Waals surface area contributed by atoms with Crippen LogP contribution in [0, 0.1) is 10.1 Å². The Balaban J connectivity index is 1.56. The van der Waals surface area contributed by atoms with Crippen LogP contribution in [0.15, 0.2) is 54.6 Å². The zero-order valence-electron chi connectivity index (χ0n) is 20.1. The van der Waals surface area contributed by atoms with Crippen molar-refractivity contribution in [3.8, 4) is 22.7 Å². The Bertz CT molecular complexity index is 1190. The van der Waals surface area contributed by atoms with Crippen LogP contribution in [0.1, 0.15) is 43.1 Å². The van der Waals surface area contributed by atoms with Crippen LogP contribution in [0.2, 0.25) is 0 Å². The molecule has 1 atom stereocenters. The molecule has 184 valence electrons. The van der Waals surface area contributed by atoms with Crippen molar-refractivity contribution in [1.29, 1.82) is 0 Å². The first-order valence-electron chi connectivity index (χ1n) is 12.0. The molecule has 0 spiro atoms.